The van der Waals surface area contributed by atoms with Gasteiger partial charge in [0.25, 0.3) is 0 Å². The minimum absolute atomic E-state index is 0.0124. The molecule has 0 spiro atoms. The lowest BCUT2D eigenvalue weighted by molar-refractivity contribution is -0.105. The zero-order chi connectivity index (χ0) is 9.75. The molecule has 0 bridgehead atoms. The molecule has 0 aromatic carbocycles. The number of nitrogens with zero attached hydrogens (tertiary/aromatic N) is 1. The van der Waals surface area contributed by atoms with Crippen molar-refractivity contribution in [2.75, 3.05) is 13.7 Å². The predicted molar refractivity (Wildman–Crippen MR) is 43.9 cm³/mol. The average Bonchev–Trinajstić information content (AvgIpc) is 2.75. The predicted octanol–water partition coefficient (Wildman–Crippen LogP) is -2.63. The summed E-state index contributed by atoms with van der Waals surface area (Å²) in [5.41, 5.74) is 0. The first-order chi connectivity index (χ1) is 6.09. The van der Waals surface area contributed by atoms with Crippen LogP contribution in [0.1, 0.15) is 0 Å². The molecule has 5 heteroatoms. The van der Waals surface area contributed by atoms with Gasteiger partial charge in [-0.1, -0.05) is 0 Å². The molecule has 5 nitrogen and oxygen atoms in total. The van der Waals surface area contributed by atoms with Gasteiger partial charge in [0, 0.05) is 12.0 Å². The SMILES string of the molecule is CN1[C@@H]2[C@H](CO)[C@@H](O)[C@H](O)[C@@H](O)[C@@H]21. The maximum atomic E-state index is 9.53. The van der Waals surface area contributed by atoms with Gasteiger partial charge in [-0.25, -0.2) is 0 Å². The van der Waals surface area contributed by atoms with Gasteiger partial charge in [0.1, 0.15) is 6.10 Å². The first kappa shape index (κ1) is 9.36. The van der Waals surface area contributed by atoms with E-state index < -0.39 is 18.3 Å². The fraction of sp³-hybridized carbons (Fsp3) is 1.00. The number of aliphatic hydroxyl groups excluding tert-OH is 4. The van der Waals surface area contributed by atoms with Gasteiger partial charge in [0.15, 0.2) is 0 Å². The molecule has 1 heterocycles. The van der Waals surface area contributed by atoms with Crippen LogP contribution in [0.2, 0.25) is 0 Å². The summed E-state index contributed by atoms with van der Waals surface area (Å²) in [5, 5.41) is 37.5. The largest absolute Gasteiger partial charge is 0.396 e. The highest BCUT2D eigenvalue weighted by Gasteiger charge is 2.61. The number of hydrogen-bond acceptors (Lipinski definition) is 5. The monoisotopic (exact) mass is 189 g/mol. The number of aliphatic hydroxyl groups is 4. The molecule has 2 aliphatic rings. The smallest absolute Gasteiger partial charge is 0.108 e. The van der Waals surface area contributed by atoms with E-state index in [4.69, 9.17) is 5.11 Å². The summed E-state index contributed by atoms with van der Waals surface area (Å²) in [4.78, 5) is 1.87. The third kappa shape index (κ3) is 1.12. The van der Waals surface area contributed by atoms with Crippen LogP contribution >= 0.6 is 0 Å². The lowest BCUT2D eigenvalue weighted by Gasteiger charge is -2.32. The molecule has 1 saturated carbocycles. The summed E-state index contributed by atoms with van der Waals surface area (Å²) in [6.45, 7) is -0.156. The standard InChI is InChI=1S/C8H15NO4/c1-9-4-3(2-10)6(11)8(13)7(12)5(4)9/h3-8,10-13H,2H2,1H3/t3-,4+,5+,6+,7-,8-,9?/m0/s1. The van der Waals surface area contributed by atoms with Gasteiger partial charge in [0.05, 0.1) is 24.9 Å². The van der Waals surface area contributed by atoms with E-state index in [1.165, 1.54) is 0 Å². The Balaban J connectivity index is 2.16. The Morgan fingerprint density at radius 2 is 1.62 bits per heavy atom. The van der Waals surface area contributed by atoms with Crippen molar-refractivity contribution in [3.05, 3.63) is 0 Å². The number of likely N-dealkylation sites (tertiary alicyclic amines) is 1. The Kier molecular flexibility index (Phi) is 2.08. The number of fused-ring (bicyclic) bond motifs is 1. The molecule has 0 radical (unpaired) electrons. The highest BCUT2D eigenvalue weighted by atomic mass is 16.4. The van der Waals surface area contributed by atoms with Gasteiger partial charge >= 0.3 is 0 Å². The number of likely N-dealkylation sites (N-methyl/N-ethyl adjacent to an activating group) is 1. The Hall–Kier alpha value is -0.200. The summed E-state index contributed by atoms with van der Waals surface area (Å²) < 4.78 is 0. The van der Waals surface area contributed by atoms with Crippen molar-refractivity contribution < 1.29 is 20.4 Å². The number of rotatable bonds is 1. The van der Waals surface area contributed by atoms with Gasteiger partial charge in [-0.3, -0.25) is 4.90 Å². The van der Waals surface area contributed by atoms with E-state index in [1.54, 1.807) is 0 Å². The van der Waals surface area contributed by atoms with E-state index in [1.807, 2.05) is 11.9 Å². The second-order valence-electron chi connectivity index (χ2n) is 3.96. The highest BCUT2D eigenvalue weighted by molar-refractivity contribution is 5.15. The van der Waals surface area contributed by atoms with Crippen molar-refractivity contribution in [1.82, 2.24) is 4.90 Å². The second kappa shape index (κ2) is 2.90. The van der Waals surface area contributed by atoms with Crippen LogP contribution in [0, 0.1) is 5.92 Å². The average molecular weight is 189 g/mol. The molecule has 76 valence electrons. The van der Waals surface area contributed by atoms with Crippen LogP contribution in [0.15, 0.2) is 0 Å². The molecule has 2 fully saturated rings. The first-order valence-corrected chi connectivity index (χ1v) is 4.46. The summed E-state index contributed by atoms with van der Waals surface area (Å²) in [7, 11) is 1.81. The van der Waals surface area contributed by atoms with Crippen LogP contribution in [-0.4, -0.2) is 69.4 Å². The lowest BCUT2D eigenvalue weighted by Crippen LogP contribution is -2.52. The molecule has 0 aromatic rings. The Labute approximate surface area is 76.2 Å². The van der Waals surface area contributed by atoms with Crippen LogP contribution < -0.4 is 0 Å². The molecule has 0 amide bonds. The Morgan fingerprint density at radius 1 is 1.00 bits per heavy atom. The van der Waals surface area contributed by atoms with E-state index in [0.717, 1.165) is 0 Å². The third-order valence-electron chi connectivity index (χ3n) is 3.34. The molecule has 1 aliphatic heterocycles. The lowest BCUT2D eigenvalue weighted by atomic mass is 9.83. The summed E-state index contributed by atoms with van der Waals surface area (Å²) in [5.74, 6) is -0.339. The molecular weight excluding hydrogens is 174 g/mol. The van der Waals surface area contributed by atoms with Crippen LogP contribution in [0.5, 0.6) is 0 Å². The maximum Gasteiger partial charge on any atom is 0.108 e. The second-order valence-corrected chi connectivity index (χ2v) is 3.96. The molecule has 7 atom stereocenters. The Morgan fingerprint density at radius 3 is 2.15 bits per heavy atom. The maximum absolute atomic E-state index is 9.53. The van der Waals surface area contributed by atoms with E-state index in [2.05, 4.69) is 0 Å². The fourth-order valence-electron chi connectivity index (χ4n) is 2.46. The summed E-state index contributed by atoms with van der Waals surface area (Å²) >= 11 is 0. The molecule has 2 rings (SSSR count). The minimum Gasteiger partial charge on any atom is -0.396 e. The number of hydrogen-bond donors (Lipinski definition) is 4. The zero-order valence-electron chi connectivity index (χ0n) is 7.41. The van der Waals surface area contributed by atoms with Crippen molar-refractivity contribution in [3.8, 4) is 0 Å². The van der Waals surface area contributed by atoms with E-state index >= 15 is 0 Å². The van der Waals surface area contributed by atoms with Crippen molar-refractivity contribution in [3.63, 3.8) is 0 Å². The molecule has 1 unspecified atom stereocenters. The van der Waals surface area contributed by atoms with Gasteiger partial charge in [-0.05, 0) is 7.05 Å². The third-order valence-corrected chi connectivity index (χ3v) is 3.34. The van der Waals surface area contributed by atoms with Gasteiger partial charge in [-0.15, -0.1) is 0 Å². The van der Waals surface area contributed by atoms with Crippen LogP contribution in [0.25, 0.3) is 0 Å². The van der Waals surface area contributed by atoms with Gasteiger partial charge < -0.3 is 20.4 Å². The van der Waals surface area contributed by atoms with E-state index in [0.29, 0.717) is 0 Å². The Bertz CT molecular complexity index is 204. The molecule has 0 aromatic heterocycles. The topological polar surface area (TPSA) is 83.9 Å². The molecule has 13 heavy (non-hydrogen) atoms. The molecule has 4 N–H and O–H groups in total. The van der Waals surface area contributed by atoms with Crippen molar-refractivity contribution in [1.29, 1.82) is 0 Å². The quantitative estimate of drug-likeness (QED) is 0.339. The fourth-order valence-corrected chi connectivity index (χ4v) is 2.46. The first-order valence-electron chi connectivity index (χ1n) is 4.46. The van der Waals surface area contributed by atoms with Gasteiger partial charge in [0.2, 0.25) is 0 Å². The van der Waals surface area contributed by atoms with Crippen molar-refractivity contribution >= 4 is 0 Å². The van der Waals surface area contributed by atoms with E-state index in [-0.39, 0.29) is 24.6 Å². The molecular formula is C8H15NO4. The van der Waals surface area contributed by atoms with Crippen LogP contribution in [0.3, 0.4) is 0 Å². The molecule has 1 aliphatic carbocycles. The normalized spacial score (nSPS) is 60.2. The van der Waals surface area contributed by atoms with Crippen molar-refractivity contribution in [2.45, 2.75) is 30.4 Å². The zero-order valence-corrected chi connectivity index (χ0v) is 7.41. The summed E-state index contributed by atoms with van der Waals surface area (Å²) in [6, 6.07) is -0.0889. The van der Waals surface area contributed by atoms with Crippen LogP contribution in [-0.2, 0) is 0 Å². The van der Waals surface area contributed by atoms with E-state index in [9.17, 15) is 15.3 Å². The van der Waals surface area contributed by atoms with Gasteiger partial charge in [-0.2, -0.15) is 0 Å². The van der Waals surface area contributed by atoms with Crippen molar-refractivity contribution in [2.24, 2.45) is 5.92 Å². The minimum atomic E-state index is -1.14. The highest BCUT2D eigenvalue weighted by Crippen LogP contribution is 2.42. The summed E-state index contributed by atoms with van der Waals surface area (Å²) in [6.07, 6.45) is -3.05. The van der Waals surface area contributed by atoms with Crippen LogP contribution in [0.4, 0.5) is 0 Å². The molecule has 1 saturated heterocycles.